The van der Waals surface area contributed by atoms with Crippen LogP contribution in [-0.2, 0) is 14.3 Å². The SMILES string of the molecule is O=C1COCCN1c1ccc(N2C[C@H](NC(O)c3ccc(Cl)s3)CC2=O)cc1. The Morgan fingerprint density at radius 1 is 1.11 bits per heavy atom. The summed E-state index contributed by atoms with van der Waals surface area (Å²) in [5, 5.41) is 13.4. The number of rotatable bonds is 5. The second kappa shape index (κ2) is 8.18. The molecule has 28 heavy (non-hydrogen) atoms. The van der Waals surface area contributed by atoms with Crippen LogP contribution in [0.25, 0.3) is 0 Å². The molecule has 0 radical (unpaired) electrons. The Kier molecular flexibility index (Phi) is 5.65. The quantitative estimate of drug-likeness (QED) is 0.723. The maximum absolute atomic E-state index is 12.5. The largest absolute Gasteiger partial charge is 0.373 e. The van der Waals surface area contributed by atoms with Gasteiger partial charge in [0.15, 0.2) is 0 Å². The molecular formula is C19H20ClN3O4S. The number of morpholine rings is 1. The second-order valence-corrected chi connectivity index (χ2v) is 8.48. The smallest absolute Gasteiger partial charge is 0.253 e. The lowest BCUT2D eigenvalue weighted by Gasteiger charge is -2.27. The highest BCUT2D eigenvalue weighted by Crippen LogP contribution is 2.29. The summed E-state index contributed by atoms with van der Waals surface area (Å²) < 4.78 is 5.76. The van der Waals surface area contributed by atoms with Gasteiger partial charge in [-0.3, -0.25) is 14.9 Å². The number of anilines is 2. The minimum absolute atomic E-state index is 0.0101. The van der Waals surface area contributed by atoms with Crippen molar-refractivity contribution >= 4 is 46.1 Å². The number of benzene rings is 1. The minimum atomic E-state index is -0.857. The molecule has 9 heteroatoms. The monoisotopic (exact) mass is 421 g/mol. The van der Waals surface area contributed by atoms with Gasteiger partial charge in [0.25, 0.3) is 5.91 Å². The number of aliphatic hydroxyl groups is 1. The van der Waals surface area contributed by atoms with Gasteiger partial charge in [0, 0.05) is 41.8 Å². The fourth-order valence-electron chi connectivity index (χ4n) is 3.45. The fourth-order valence-corrected chi connectivity index (χ4v) is 4.46. The van der Waals surface area contributed by atoms with Crippen LogP contribution < -0.4 is 15.1 Å². The summed E-state index contributed by atoms with van der Waals surface area (Å²) in [5.41, 5.74) is 1.57. The van der Waals surface area contributed by atoms with E-state index in [2.05, 4.69) is 5.32 Å². The number of nitrogens with one attached hydrogen (secondary N) is 1. The predicted octanol–water partition coefficient (Wildman–Crippen LogP) is 2.15. The van der Waals surface area contributed by atoms with Crippen molar-refractivity contribution in [1.82, 2.24) is 5.32 Å². The average molecular weight is 422 g/mol. The number of carbonyl (C=O) groups excluding carboxylic acids is 2. The number of nitrogens with zero attached hydrogens (tertiary/aromatic N) is 2. The number of aliphatic hydroxyl groups excluding tert-OH is 1. The number of thiophene rings is 1. The van der Waals surface area contributed by atoms with E-state index in [0.29, 0.717) is 30.5 Å². The van der Waals surface area contributed by atoms with E-state index >= 15 is 0 Å². The molecule has 2 aromatic rings. The molecule has 0 spiro atoms. The lowest BCUT2D eigenvalue weighted by Crippen LogP contribution is -2.41. The van der Waals surface area contributed by atoms with E-state index in [-0.39, 0.29) is 24.5 Å². The van der Waals surface area contributed by atoms with E-state index in [1.54, 1.807) is 21.9 Å². The van der Waals surface area contributed by atoms with Gasteiger partial charge in [0.1, 0.15) is 12.8 Å². The molecule has 0 aliphatic carbocycles. The molecule has 0 saturated carbocycles. The van der Waals surface area contributed by atoms with Crippen LogP contribution in [0.5, 0.6) is 0 Å². The Labute approximate surface area is 171 Å². The summed E-state index contributed by atoms with van der Waals surface area (Å²) in [6.45, 7) is 1.60. The Bertz CT molecular complexity index is 872. The predicted molar refractivity (Wildman–Crippen MR) is 108 cm³/mol. The first kappa shape index (κ1) is 19.4. The van der Waals surface area contributed by atoms with Gasteiger partial charge in [-0.15, -0.1) is 11.3 Å². The fraction of sp³-hybridized carbons (Fsp3) is 0.368. The number of halogens is 1. The summed E-state index contributed by atoms with van der Waals surface area (Å²) in [4.78, 5) is 28.5. The minimum Gasteiger partial charge on any atom is -0.373 e. The highest BCUT2D eigenvalue weighted by atomic mass is 35.5. The van der Waals surface area contributed by atoms with E-state index in [9.17, 15) is 14.7 Å². The Morgan fingerprint density at radius 2 is 1.82 bits per heavy atom. The van der Waals surface area contributed by atoms with Crippen LogP contribution in [0.2, 0.25) is 4.34 Å². The number of carbonyl (C=O) groups is 2. The highest BCUT2D eigenvalue weighted by Gasteiger charge is 2.32. The molecule has 2 aliphatic rings. The first-order chi connectivity index (χ1) is 13.5. The van der Waals surface area contributed by atoms with Crippen LogP contribution in [0.1, 0.15) is 17.5 Å². The van der Waals surface area contributed by atoms with E-state index < -0.39 is 6.23 Å². The highest BCUT2D eigenvalue weighted by molar-refractivity contribution is 7.16. The van der Waals surface area contributed by atoms with Crippen molar-refractivity contribution in [2.75, 3.05) is 36.1 Å². The van der Waals surface area contributed by atoms with E-state index in [1.807, 2.05) is 24.3 Å². The first-order valence-electron chi connectivity index (χ1n) is 8.99. The van der Waals surface area contributed by atoms with Crippen molar-refractivity contribution < 1.29 is 19.4 Å². The molecule has 2 amide bonds. The molecule has 2 saturated heterocycles. The van der Waals surface area contributed by atoms with Crippen LogP contribution in [0.15, 0.2) is 36.4 Å². The zero-order valence-corrected chi connectivity index (χ0v) is 16.6. The van der Waals surface area contributed by atoms with Gasteiger partial charge in [0.2, 0.25) is 5.91 Å². The normalized spacial score (nSPS) is 21.4. The maximum atomic E-state index is 12.5. The van der Waals surface area contributed by atoms with Crippen LogP contribution in [-0.4, -0.2) is 49.3 Å². The van der Waals surface area contributed by atoms with Crippen molar-refractivity contribution in [3.05, 3.63) is 45.6 Å². The third-order valence-corrected chi connectivity index (χ3v) is 6.12. The van der Waals surface area contributed by atoms with Gasteiger partial charge in [-0.25, -0.2) is 0 Å². The van der Waals surface area contributed by atoms with Crippen molar-refractivity contribution in [3.63, 3.8) is 0 Å². The Balaban J connectivity index is 1.40. The molecule has 1 aromatic heterocycles. The number of amides is 2. The number of hydrogen-bond acceptors (Lipinski definition) is 6. The maximum Gasteiger partial charge on any atom is 0.253 e. The van der Waals surface area contributed by atoms with Crippen LogP contribution in [0.4, 0.5) is 11.4 Å². The summed E-state index contributed by atoms with van der Waals surface area (Å²) in [6.07, 6.45) is -0.551. The molecule has 2 N–H and O–H groups in total. The molecule has 2 fully saturated rings. The van der Waals surface area contributed by atoms with Crippen LogP contribution in [0.3, 0.4) is 0 Å². The molecular weight excluding hydrogens is 402 g/mol. The molecule has 2 atom stereocenters. The summed E-state index contributed by atoms with van der Waals surface area (Å²) in [7, 11) is 0. The number of ether oxygens (including phenoxy) is 1. The van der Waals surface area contributed by atoms with Crippen molar-refractivity contribution in [1.29, 1.82) is 0 Å². The lowest BCUT2D eigenvalue weighted by atomic mass is 10.2. The molecule has 2 aliphatic heterocycles. The molecule has 4 rings (SSSR count). The summed E-state index contributed by atoms with van der Waals surface area (Å²) in [6, 6.07) is 10.7. The van der Waals surface area contributed by atoms with Gasteiger partial charge in [0.05, 0.1) is 10.9 Å². The Morgan fingerprint density at radius 3 is 2.46 bits per heavy atom. The van der Waals surface area contributed by atoms with E-state index in [0.717, 1.165) is 16.3 Å². The van der Waals surface area contributed by atoms with Crippen molar-refractivity contribution in [2.45, 2.75) is 18.7 Å². The Hall–Kier alpha value is -1.97. The standard InChI is InChI=1S/C19H20ClN3O4S/c20-16-6-5-15(28-16)19(26)21-12-9-17(24)23(10-12)14-3-1-13(2-4-14)22-7-8-27-11-18(22)25/h1-6,12,19,21,26H,7-11H2/t12-,19?/m1/s1. The molecule has 7 nitrogen and oxygen atoms in total. The van der Waals surface area contributed by atoms with Gasteiger partial charge >= 0.3 is 0 Å². The van der Waals surface area contributed by atoms with Crippen molar-refractivity contribution in [2.24, 2.45) is 0 Å². The second-order valence-electron chi connectivity index (χ2n) is 6.73. The zero-order valence-electron chi connectivity index (χ0n) is 15.0. The van der Waals surface area contributed by atoms with E-state index in [4.69, 9.17) is 16.3 Å². The lowest BCUT2D eigenvalue weighted by molar-refractivity contribution is -0.125. The zero-order chi connectivity index (χ0) is 19.7. The first-order valence-corrected chi connectivity index (χ1v) is 10.2. The van der Waals surface area contributed by atoms with Crippen LogP contribution in [0, 0.1) is 0 Å². The molecule has 0 bridgehead atoms. The molecule has 148 valence electrons. The van der Waals surface area contributed by atoms with Gasteiger partial charge in [-0.1, -0.05) is 11.6 Å². The third kappa shape index (κ3) is 4.06. The number of hydrogen-bond donors (Lipinski definition) is 2. The average Bonchev–Trinajstić information content (AvgIpc) is 3.28. The van der Waals surface area contributed by atoms with Gasteiger partial charge < -0.3 is 19.6 Å². The van der Waals surface area contributed by atoms with Crippen molar-refractivity contribution in [3.8, 4) is 0 Å². The van der Waals surface area contributed by atoms with Gasteiger partial charge in [-0.05, 0) is 36.4 Å². The van der Waals surface area contributed by atoms with Gasteiger partial charge in [-0.2, -0.15) is 0 Å². The third-order valence-electron chi connectivity index (χ3n) is 4.84. The molecule has 1 aromatic carbocycles. The van der Waals surface area contributed by atoms with E-state index in [1.165, 1.54) is 11.3 Å². The molecule has 1 unspecified atom stereocenters. The summed E-state index contributed by atoms with van der Waals surface area (Å²) in [5.74, 6) is -0.0766. The summed E-state index contributed by atoms with van der Waals surface area (Å²) >= 11 is 7.22. The van der Waals surface area contributed by atoms with Crippen LogP contribution >= 0.6 is 22.9 Å². The molecule has 3 heterocycles. The topological polar surface area (TPSA) is 82.1 Å².